The van der Waals surface area contributed by atoms with Gasteiger partial charge < -0.3 is 16.0 Å². The van der Waals surface area contributed by atoms with Gasteiger partial charge in [-0.3, -0.25) is 19.4 Å². The summed E-state index contributed by atoms with van der Waals surface area (Å²) in [5.74, 6) is -1.69. The third-order valence-corrected chi connectivity index (χ3v) is 5.02. The van der Waals surface area contributed by atoms with Gasteiger partial charge >= 0.3 is 11.8 Å². The van der Waals surface area contributed by atoms with Crippen molar-refractivity contribution in [3.8, 4) is 0 Å². The lowest BCUT2D eigenvalue weighted by Crippen LogP contribution is -2.46. The molecule has 146 valence electrons. The highest BCUT2D eigenvalue weighted by Gasteiger charge is 2.34. The van der Waals surface area contributed by atoms with Crippen molar-refractivity contribution in [1.29, 1.82) is 0 Å². The Labute approximate surface area is 163 Å². The lowest BCUT2D eigenvalue weighted by molar-refractivity contribution is -0.146. The smallest absolute Gasteiger partial charge is 0.313 e. The van der Waals surface area contributed by atoms with Crippen LogP contribution in [0.1, 0.15) is 47.3 Å². The minimum Gasteiger partial charge on any atom is -0.366 e. The standard InChI is InChI=1S/C21H24N4O3/c1-13-3-6-15(7-4-13)18-8-5-14(2)12-25(18)21(28)20(27)24-17-9-16(19(22)26)10-23-11-17/h3-4,6-7,9-11,14,18H,5,8,12H2,1-2H3,(H2,22,26)(H,24,27). The highest BCUT2D eigenvalue weighted by atomic mass is 16.2. The van der Waals surface area contributed by atoms with Gasteiger partial charge in [0.2, 0.25) is 5.91 Å². The molecule has 0 saturated carbocycles. The molecule has 3 N–H and O–H groups in total. The van der Waals surface area contributed by atoms with Crippen molar-refractivity contribution >= 4 is 23.4 Å². The molecule has 1 aromatic heterocycles. The number of anilines is 1. The van der Waals surface area contributed by atoms with Crippen LogP contribution in [0.2, 0.25) is 0 Å². The fraction of sp³-hybridized carbons (Fsp3) is 0.333. The van der Waals surface area contributed by atoms with Crippen LogP contribution < -0.4 is 11.1 Å². The van der Waals surface area contributed by atoms with Crippen molar-refractivity contribution in [1.82, 2.24) is 9.88 Å². The van der Waals surface area contributed by atoms with Gasteiger partial charge in [0.25, 0.3) is 0 Å². The summed E-state index contributed by atoms with van der Waals surface area (Å²) in [6.07, 6.45) is 4.48. The van der Waals surface area contributed by atoms with Crippen molar-refractivity contribution < 1.29 is 14.4 Å². The molecular formula is C21H24N4O3. The number of primary amides is 1. The normalized spacial score (nSPS) is 19.1. The lowest BCUT2D eigenvalue weighted by atomic mass is 9.89. The average Bonchev–Trinajstić information content (AvgIpc) is 2.68. The predicted octanol–water partition coefficient (Wildman–Crippen LogP) is 2.43. The Morgan fingerprint density at radius 1 is 1.14 bits per heavy atom. The van der Waals surface area contributed by atoms with Crippen molar-refractivity contribution in [2.75, 3.05) is 11.9 Å². The van der Waals surface area contributed by atoms with Gasteiger partial charge in [0.1, 0.15) is 0 Å². The van der Waals surface area contributed by atoms with E-state index in [-0.39, 0.29) is 17.3 Å². The number of likely N-dealkylation sites (tertiary alicyclic amines) is 1. The number of nitrogens with two attached hydrogens (primary N) is 1. The van der Waals surface area contributed by atoms with Crippen LogP contribution in [0.25, 0.3) is 0 Å². The summed E-state index contributed by atoms with van der Waals surface area (Å²) in [5, 5.41) is 2.53. The lowest BCUT2D eigenvalue weighted by Gasteiger charge is -2.38. The number of carbonyl (C=O) groups excluding carboxylic acids is 3. The summed E-state index contributed by atoms with van der Waals surface area (Å²) in [7, 11) is 0. The molecular weight excluding hydrogens is 356 g/mol. The summed E-state index contributed by atoms with van der Waals surface area (Å²) in [4.78, 5) is 42.3. The molecule has 2 unspecified atom stereocenters. The predicted molar refractivity (Wildman–Crippen MR) is 105 cm³/mol. The number of pyridine rings is 1. The minimum absolute atomic E-state index is 0.134. The van der Waals surface area contributed by atoms with Gasteiger partial charge in [-0.05, 0) is 37.3 Å². The fourth-order valence-corrected chi connectivity index (χ4v) is 3.47. The highest BCUT2D eigenvalue weighted by Crippen LogP contribution is 2.33. The molecule has 0 bridgehead atoms. The first-order chi connectivity index (χ1) is 13.3. The number of hydrogen-bond donors (Lipinski definition) is 2. The van der Waals surface area contributed by atoms with Gasteiger partial charge in [-0.25, -0.2) is 0 Å². The van der Waals surface area contributed by atoms with Crippen LogP contribution in [0, 0.1) is 12.8 Å². The number of rotatable bonds is 3. The van der Waals surface area contributed by atoms with E-state index in [4.69, 9.17) is 5.73 Å². The summed E-state index contributed by atoms with van der Waals surface area (Å²) < 4.78 is 0. The summed E-state index contributed by atoms with van der Waals surface area (Å²) >= 11 is 0. The van der Waals surface area contributed by atoms with Crippen LogP contribution in [0.5, 0.6) is 0 Å². The van der Waals surface area contributed by atoms with Crippen LogP contribution in [0.4, 0.5) is 5.69 Å². The van der Waals surface area contributed by atoms with E-state index in [1.165, 1.54) is 18.5 Å². The van der Waals surface area contributed by atoms with E-state index in [2.05, 4.69) is 17.2 Å². The van der Waals surface area contributed by atoms with Crippen LogP contribution in [-0.4, -0.2) is 34.2 Å². The third-order valence-electron chi connectivity index (χ3n) is 5.02. The molecule has 1 aliphatic rings. The zero-order valence-electron chi connectivity index (χ0n) is 16.0. The first kappa shape index (κ1) is 19.5. The quantitative estimate of drug-likeness (QED) is 0.798. The van der Waals surface area contributed by atoms with Gasteiger partial charge in [0.05, 0.1) is 23.5 Å². The molecule has 1 aliphatic heterocycles. The second-order valence-electron chi connectivity index (χ2n) is 7.35. The molecule has 2 heterocycles. The molecule has 1 aromatic carbocycles. The molecule has 0 spiro atoms. The van der Waals surface area contributed by atoms with E-state index in [0.717, 1.165) is 24.0 Å². The number of carbonyl (C=O) groups is 3. The third kappa shape index (κ3) is 4.36. The summed E-state index contributed by atoms with van der Waals surface area (Å²) in [6, 6.07) is 9.30. The zero-order valence-corrected chi connectivity index (χ0v) is 16.0. The van der Waals surface area contributed by atoms with Gasteiger partial charge in [-0.15, -0.1) is 0 Å². The van der Waals surface area contributed by atoms with E-state index >= 15 is 0 Å². The molecule has 3 rings (SSSR count). The van der Waals surface area contributed by atoms with Gasteiger partial charge in [0.15, 0.2) is 0 Å². The number of piperidine rings is 1. The van der Waals surface area contributed by atoms with Crippen LogP contribution in [-0.2, 0) is 9.59 Å². The molecule has 2 atom stereocenters. The molecule has 28 heavy (non-hydrogen) atoms. The second kappa shape index (κ2) is 8.21. The monoisotopic (exact) mass is 380 g/mol. The molecule has 1 saturated heterocycles. The first-order valence-corrected chi connectivity index (χ1v) is 9.28. The molecule has 1 fully saturated rings. The van der Waals surface area contributed by atoms with E-state index in [9.17, 15) is 14.4 Å². The molecule has 7 heteroatoms. The van der Waals surface area contributed by atoms with E-state index in [1.807, 2.05) is 31.2 Å². The molecule has 3 amide bonds. The maximum Gasteiger partial charge on any atom is 0.313 e. The number of benzene rings is 1. The van der Waals surface area contributed by atoms with Gasteiger partial charge in [-0.2, -0.15) is 0 Å². The number of hydrogen-bond acceptors (Lipinski definition) is 4. The highest BCUT2D eigenvalue weighted by molar-refractivity contribution is 6.39. The minimum atomic E-state index is -0.755. The number of amides is 3. The Bertz CT molecular complexity index is 895. The maximum atomic E-state index is 12.9. The Morgan fingerprint density at radius 2 is 1.86 bits per heavy atom. The number of aromatic nitrogens is 1. The Hall–Kier alpha value is -3.22. The number of nitrogens with zero attached hydrogens (tertiary/aromatic N) is 2. The largest absolute Gasteiger partial charge is 0.366 e. The van der Waals surface area contributed by atoms with Crippen LogP contribution in [0.15, 0.2) is 42.7 Å². The van der Waals surface area contributed by atoms with Crippen LogP contribution in [0.3, 0.4) is 0 Å². The zero-order chi connectivity index (χ0) is 20.3. The van der Waals surface area contributed by atoms with Gasteiger partial charge in [0, 0.05) is 12.7 Å². The average molecular weight is 380 g/mol. The Morgan fingerprint density at radius 3 is 2.54 bits per heavy atom. The summed E-state index contributed by atoms with van der Waals surface area (Å²) in [5.41, 5.74) is 7.82. The van der Waals surface area contributed by atoms with Gasteiger partial charge in [-0.1, -0.05) is 36.8 Å². The maximum absolute atomic E-state index is 12.9. The van der Waals surface area contributed by atoms with Crippen molar-refractivity contribution in [3.63, 3.8) is 0 Å². The number of nitrogens with one attached hydrogen (secondary N) is 1. The van der Waals surface area contributed by atoms with E-state index in [1.54, 1.807) is 4.90 Å². The molecule has 0 radical (unpaired) electrons. The summed E-state index contributed by atoms with van der Waals surface area (Å²) in [6.45, 7) is 4.60. The topological polar surface area (TPSA) is 105 Å². The first-order valence-electron chi connectivity index (χ1n) is 9.28. The van der Waals surface area contributed by atoms with Crippen molar-refractivity contribution in [2.24, 2.45) is 11.7 Å². The van der Waals surface area contributed by atoms with E-state index in [0.29, 0.717) is 12.5 Å². The molecule has 0 aliphatic carbocycles. The SMILES string of the molecule is Cc1ccc(C2CCC(C)CN2C(=O)C(=O)Nc2cncc(C(N)=O)c2)cc1. The fourth-order valence-electron chi connectivity index (χ4n) is 3.47. The molecule has 7 nitrogen and oxygen atoms in total. The second-order valence-corrected chi connectivity index (χ2v) is 7.35. The van der Waals surface area contributed by atoms with E-state index < -0.39 is 17.7 Å². The Kier molecular flexibility index (Phi) is 5.73. The Balaban J connectivity index is 1.79. The molecule has 2 aromatic rings. The van der Waals surface area contributed by atoms with Crippen molar-refractivity contribution in [3.05, 3.63) is 59.4 Å². The van der Waals surface area contributed by atoms with Crippen molar-refractivity contribution in [2.45, 2.75) is 32.7 Å². The number of aryl methyl sites for hydroxylation is 1. The van der Waals surface area contributed by atoms with Crippen LogP contribution >= 0.6 is 0 Å².